The number of rotatable bonds is 7. The molecule has 0 aromatic carbocycles. The Kier molecular flexibility index (Phi) is 2.35. The monoisotopic (exact) mass is 166 g/mol. The van der Waals surface area contributed by atoms with E-state index in [0.29, 0.717) is 0 Å². The minimum absolute atomic E-state index is 1.14. The van der Waals surface area contributed by atoms with Crippen molar-refractivity contribution < 1.29 is 9.47 Å². The lowest BCUT2D eigenvalue weighted by molar-refractivity contribution is 0.461. The van der Waals surface area contributed by atoms with E-state index in [-0.39, 0.29) is 0 Å². The Labute approximate surface area is 72.9 Å². The highest BCUT2D eigenvalue weighted by atomic mass is 16.5. The average Bonchev–Trinajstić information content (AvgIpc) is 2.89. The highest BCUT2D eigenvalue weighted by Crippen LogP contribution is 2.23. The van der Waals surface area contributed by atoms with Gasteiger partial charge in [-0.3, -0.25) is 0 Å². The summed E-state index contributed by atoms with van der Waals surface area (Å²) < 4.78 is 9.85. The zero-order valence-corrected chi connectivity index (χ0v) is 7.21. The van der Waals surface area contributed by atoms with Gasteiger partial charge in [-0.2, -0.15) is 0 Å². The van der Waals surface area contributed by atoms with Crippen molar-refractivity contribution in [2.75, 3.05) is 0 Å². The zero-order valence-electron chi connectivity index (χ0n) is 7.21. The molecule has 0 unspecified atom stereocenters. The molecule has 12 heavy (non-hydrogen) atoms. The second-order valence-corrected chi connectivity index (χ2v) is 3.32. The Morgan fingerprint density at radius 3 is 1.50 bits per heavy atom. The lowest BCUT2D eigenvalue weighted by Crippen LogP contribution is -1.78. The Morgan fingerprint density at radius 2 is 1.17 bits per heavy atom. The van der Waals surface area contributed by atoms with Gasteiger partial charge in [0, 0.05) is 12.8 Å². The van der Waals surface area contributed by atoms with Gasteiger partial charge in [0.05, 0.1) is 0 Å². The summed E-state index contributed by atoms with van der Waals surface area (Å²) in [5.74, 6) is 2.37. The molecule has 0 spiro atoms. The van der Waals surface area contributed by atoms with Crippen LogP contribution in [-0.4, -0.2) is 0 Å². The van der Waals surface area contributed by atoms with Crippen LogP contribution in [-0.2, 0) is 9.47 Å². The SMILES string of the molecule is C1=C(CCCCCCC2=CO2)O1. The van der Waals surface area contributed by atoms with E-state index < -0.39 is 0 Å². The molecule has 2 rings (SSSR count). The molecule has 0 N–H and O–H groups in total. The van der Waals surface area contributed by atoms with Crippen LogP contribution in [0.1, 0.15) is 38.5 Å². The van der Waals surface area contributed by atoms with Gasteiger partial charge in [0.2, 0.25) is 0 Å². The first kappa shape index (κ1) is 7.71. The molecule has 0 atom stereocenters. The van der Waals surface area contributed by atoms with Gasteiger partial charge in [-0.25, -0.2) is 0 Å². The summed E-state index contributed by atoms with van der Waals surface area (Å²) >= 11 is 0. The fourth-order valence-electron chi connectivity index (χ4n) is 1.27. The largest absolute Gasteiger partial charge is 0.463 e. The molecule has 2 aliphatic rings. The van der Waals surface area contributed by atoms with Gasteiger partial charge in [0.15, 0.2) is 0 Å². The molecule has 2 heterocycles. The standard InChI is InChI=1S/C10H14O2/c1(3-5-9-7-11-9)2-4-6-10-8-12-10/h7-8H,1-6H2. The van der Waals surface area contributed by atoms with Crippen LogP contribution in [0, 0.1) is 0 Å². The molecule has 0 saturated carbocycles. The Hall–Kier alpha value is -0.920. The van der Waals surface area contributed by atoms with Crippen molar-refractivity contribution in [3.63, 3.8) is 0 Å². The van der Waals surface area contributed by atoms with Crippen LogP contribution in [0.5, 0.6) is 0 Å². The third-order valence-electron chi connectivity index (χ3n) is 2.17. The molecule has 0 aromatic heterocycles. The van der Waals surface area contributed by atoms with Crippen LogP contribution in [0.25, 0.3) is 0 Å². The van der Waals surface area contributed by atoms with Crippen LogP contribution in [0.2, 0.25) is 0 Å². The van der Waals surface area contributed by atoms with Crippen LogP contribution >= 0.6 is 0 Å². The number of hydrogen-bond acceptors (Lipinski definition) is 2. The van der Waals surface area contributed by atoms with Gasteiger partial charge in [-0.1, -0.05) is 12.8 Å². The van der Waals surface area contributed by atoms with E-state index in [2.05, 4.69) is 0 Å². The van der Waals surface area contributed by atoms with Gasteiger partial charge in [0.1, 0.15) is 24.0 Å². The molecular weight excluding hydrogens is 152 g/mol. The quantitative estimate of drug-likeness (QED) is 0.543. The first-order chi connectivity index (χ1) is 5.95. The lowest BCUT2D eigenvalue weighted by atomic mass is 10.1. The highest BCUT2D eigenvalue weighted by molar-refractivity contribution is 5.02. The van der Waals surface area contributed by atoms with E-state index in [1.807, 2.05) is 12.5 Å². The van der Waals surface area contributed by atoms with E-state index in [9.17, 15) is 0 Å². The summed E-state index contributed by atoms with van der Waals surface area (Å²) in [6.45, 7) is 0. The van der Waals surface area contributed by atoms with Gasteiger partial charge in [0.25, 0.3) is 0 Å². The fourth-order valence-corrected chi connectivity index (χ4v) is 1.27. The molecule has 0 aliphatic carbocycles. The topological polar surface area (TPSA) is 25.1 Å². The summed E-state index contributed by atoms with van der Waals surface area (Å²) in [6, 6.07) is 0. The number of ether oxygens (including phenoxy) is 2. The molecular formula is C10H14O2. The van der Waals surface area contributed by atoms with E-state index in [1.165, 1.54) is 37.2 Å². The molecule has 0 fully saturated rings. The summed E-state index contributed by atoms with van der Waals surface area (Å²) in [4.78, 5) is 0. The minimum atomic E-state index is 1.14. The van der Waals surface area contributed by atoms with Gasteiger partial charge in [-0.15, -0.1) is 0 Å². The zero-order chi connectivity index (χ0) is 8.23. The number of unbranched alkanes of at least 4 members (excludes halogenated alkanes) is 3. The smallest absolute Gasteiger partial charge is 0.138 e. The van der Waals surface area contributed by atoms with E-state index in [4.69, 9.17) is 9.47 Å². The second-order valence-electron chi connectivity index (χ2n) is 3.32. The third-order valence-corrected chi connectivity index (χ3v) is 2.17. The molecule has 2 heteroatoms. The first-order valence-corrected chi connectivity index (χ1v) is 4.66. The van der Waals surface area contributed by atoms with Gasteiger partial charge >= 0.3 is 0 Å². The first-order valence-electron chi connectivity index (χ1n) is 4.66. The predicted octanol–water partition coefficient (Wildman–Crippen LogP) is 3.07. The summed E-state index contributed by atoms with van der Waals surface area (Å²) in [6.07, 6.45) is 11.1. The summed E-state index contributed by atoms with van der Waals surface area (Å²) in [7, 11) is 0. The molecule has 66 valence electrons. The Bertz CT molecular complexity index is 192. The summed E-state index contributed by atoms with van der Waals surface area (Å²) in [5.41, 5.74) is 0. The van der Waals surface area contributed by atoms with Gasteiger partial charge in [-0.05, 0) is 12.8 Å². The maximum atomic E-state index is 4.93. The van der Waals surface area contributed by atoms with E-state index in [1.54, 1.807) is 0 Å². The maximum absolute atomic E-state index is 4.93. The molecule has 0 bridgehead atoms. The summed E-state index contributed by atoms with van der Waals surface area (Å²) in [5, 5.41) is 0. The number of allylic oxidation sites excluding steroid dienone is 2. The predicted molar refractivity (Wildman–Crippen MR) is 46.0 cm³/mol. The molecule has 2 aliphatic heterocycles. The lowest BCUT2D eigenvalue weighted by Gasteiger charge is -1.95. The normalized spacial score (nSPS) is 17.3. The van der Waals surface area contributed by atoms with Crippen LogP contribution < -0.4 is 0 Å². The Morgan fingerprint density at radius 1 is 0.750 bits per heavy atom. The molecule has 0 saturated heterocycles. The molecule has 0 amide bonds. The van der Waals surface area contributed by atoms with E-state index in [0.717, 1.165) is 12.8 Å². The van der Waals surface area contributed by atoms with E-state index >= 15 is 0 Å². The molecule has 0 aromatic rings. The third kappa shape index (κ3) is 2.99. The van der Waals surface area contributed by atoms with Crippen molar-refractivity contribution in [2.24, 2.45) is 0 Å². The molecule has 0 radical (unpaired) electrons. The molecule has 2 nitrogen and oxygen atoms in total. The van der Waals surface area contributed by atoms with Crippen LogP contribution in [0.15, 0.2) is 24.0 Å². The highest BCUT2D eigenvalue weighted by Gasteiger charge is 2.09. The maximum Gasteiger partial charge on any atom is 0.138 e. The van der Waals surface area contributed by atoms with Crippen molar-refractivity contribution in [3.8, 4) is 0 Å². The van der Waals surface area contributed by atoms with Crippen molar-refractivity contribution >= 4 is 0 Å². The van der Waals surface area contributed by atoms with Crippen LogP contribution in [0.3, 0.4) is 0 Å². The van der Waals surface area contributed by atoms with Crippen molar-refractivity contribution in [1.29, 1.82) is 0 Å². The van der Waals surface area contributed by atoms with Crippen molar-refractivity contribution in [3.05, 3.63) is 24.0 Å². The minimum Gasteiger partial charge on any atom is -0.463 e. The van der Waals surface area contributed by atoms with Crippen LogP contribution in [0.4, 0.5) is 0 Å². The van der Waals surface area contributed by atoms with Gasteiger partial charge < -0.3 is 9.47 Å². The van der Waals surface area contributed by atoms with Crippen molar-refractivity contribution in [2.45, 2.75) is 38.5 Å². The number of hydrogen-bond donors (Lipinski definition) is 0. The van der Waals surface area contributed by atoms with Crippen molar-refractivity contribution in [1.82, 2.24) is 0 Å². The fraction of sp³-hybridized carbons (Fsp3) is 0.600. The Balaban J connectivity index is 1.35. The average molecular weight is 166 g/mol. The second kappa shape index (κ2) is 3.65.